The predicted molar refractivity (Wildman–Crippen MR) is 73.3 cm³/mol. The summed E-state index contributed by atoms with van der Waals surface area (Å²) in [5, 5.41) is 3.57. The monoisotopic (exact) mass is 256 g/mol. The molecule has 3 N–H and O–H groups in total. The third-order valence-corrected chi connectivity index (χ3v) is 3.40. The van der Waals surface area contributed by atoms with E-state index in [1.807, 2.05) is 6.92 Å². The molecule has 5 heteroatoms. The summed E-state index contributed by atoms with van der Waals surface area (Å²) in [6.07, 6.45) is 2.25. The van der Waals surface area contributed by atoms with Crippen LogP contribution in [-0.2, 0) is 0 Å². The van der Waals surface area contributed by atoms with Gasteiger partial charge in [-0.15, -0.1) is 0 Å². The highest BCUT2D eigenvalue weighted by Gasteiger charge is 2.16. The molecule has 0 aliphatic rings. The van der Waals surface area contributed by atoms with Gasteiger partial charge in [0.05, 0.1) is 11.4 Å². The summed E-state index contributed by atoms with van der Waals surface area (Å²) in [7, 11) is 0. The van der Waals surface area contributed by atoms with Crippen molar-refractivity contribution in [3.05, 3.63) is 11.0 Å². The Kier molecular flexibility index (Phi) is 5.00. The Morgan fingerprint density at radius 3 is 2.41 bits per heavy atom. The summed E-state index contributed by atoms with van der Waals surface area (Å²) in [4.78, 5) is 8.16. The van der Waals surface area contributed by atoms with Gasteiger partial charge in [-0.25, -0.2) is 4.98 Å². The molecule has 0 aliphatic heterocycles. The normalized spacial score (nSPS) is 12.8. The number of nitrogens with zero attached hydrogens (tertiary/aromatic N) is 2. The molecule has 1 aromatic heterocycles. The highest BCUT2D eigenvalue weighted by molar-refractivity contribution is 6.28. The standard InChI is InChI=1S/C12H21ClN4/c1-5-9(6-2)7(3)15-11-10(14)8(4)16-12(13)17-11/h7,9H,5-6,14H2,1-4H3,(H,15,16,17). The Labute approximate surface area is 108 Å². The molecular formula is C12H21ClN4. The Balaban J connectivity index is 2.87. The van der Waals surface area contributed by atoms with Gasteiger partial charge in [0.15, 0.2) is 5.82 Å². The van der Waals surface area contributed by atoms with E-state index < -0.39 is 0 Å². The van der Waals surface area contributed by atoms with Crippen LogP contribution in [-0.4, -0.2) is 16.0 Å². The summed E-state index contributed by atoms with van der Waals surface area (Å²) in [6.45, 7) is 8.35. The van der Waals surface area contributed by atoms with Crippen molar-refractivity contribution in [1.82, 2.24) is 9.97 Å². The van der Waals surface area contributed by atoms with Crippen LogP contribution in [0, 0.1) is 12.8 Å². The molecule has 0 bridgehead atoms. The first kappa shape index (κ1) is 14.0. The average Bonchev–Trinajstić information content (AvgIpc) is 2.27. The molecule has 17 heavy (non-hydrogen) atoms. The summed E-state index contributed by atoms with van der Waals surface area (Å²) in [5.41, 5.74) is 7.23. The highest BCUT2D eigenvalue weighted by atomic mass is 35.5. The van der Waals surface area contributed by atoms with Crippen LogP contribution >= 0.6 is 11.6 Å². The molecule has 0 radical (unpaired) electrons. The van der Waals surface area contributed by atoms with Crippen molar-refractivity contribution in [1.29, 1.82) is 0 Å². The van der Waals surface area contributed by atoms with Gasteiger partial charge >= 0.3 is 0 Å². The minimum absolute atomic E-state index is 0.232. The first-order valence-electron chi connectivity index (χ1n) is 6.05. The van der Waals surface area contributed by atoms with Gasteiger partial charge in [-0.2, -0.15) is 4.98 Å². The highest BCUT2D eigenvalue weighted by Crippen LogP contribution is 2.24. The number of halogens is 1. The maximum atomic E-state index is 5.94. The smallest absolute Gasteiger partial charge is 0.224 e. The Bertz CT molecular complexity index is 377. The van der Waals surface area contributed by atoms with Gasteiger partial charge in [-0.05, 0) is 31.4 Å². The van der Waals surface area contributed by atoms with Crippen molar-refractivity contribution in [2.75, 3.05) is 11.1 Å². The van der Waals surface area contributed by atoms with Gasteiger partial charge in [0.2, 0.25) is 5.28 Å². The topological polar surface area (TPSA) is 63.8 Å². The number of hydrogen-bond donors (Lipinski definition) is 2. The van der Waals surface area contributed by atoms with Gasteiger partial charge in [0, 0.05) is 6.04 Å². The maximum Gasteiger partial charge on any atom is 0.224 e. The fraction of sp³-hybridized carbons (Fsp3) is 0.667. The van der Waals surface area contributed by atoms with Crippen LogP contribution in [0.1, 0.15) is 39.3 Å². The molecule has 96 valence electrons. The van der Waals surface area contributed by atoms with Crippen molar-refractivity contribution < 1.29 is 0 Å². The number of aryl methyl sites for hydroxylation is 1. The second-order valence-electron chi connectivity index (χ2n) is 4.35. The van der Waals surface area contributed by atoms with Crippen LogP contribution in [0.3, 0.4) is 0 Å². The summed E-state index contributed by atoms with van der Waals surface area (Å²) in [5.74, 6) is 1.24. The van der Waals surface area contributed by atoms with Gasteiger partial charge in [0.25, 0.3) is 0 Å². The minimum atomic E-state index is 0.232. The zero-order valence-electron chi connectivity index (χ0n) is 10.9. The van der Waals surface area contributed by atoms with Crippen LogP contribution in [0.2, 0.25) is 5.28 Å². The maximum absolute atomic E-state index is 5.94. The number of hydrogen-bond acceptors (Lipinski definition) is 4. The van der Waals surface area contributed by atoms with Crippen molar-refractivity contribution in [3.8, 4) is 0 Å². The SMILES string of the molecule is CCC(CC)C(C)Nc1nc(Cl)nc(C)c1N. The molecule has 0 saturated carbocycles. The molecule has 0 aromatic carbocycles. The van der Waals surface area contributed by atoms with Crippen LogP contribution in [0.15, 0.2) is 0 Å². The molecule has 0 aliphatic carbocycles. The van der Waals surface area contributed by atoms with Crippen LogP contribution in [0.25, 0.3) is 0 Å². The zero-order valence-corrected chi connectivity index (χ0v) is 11.7. The molecule has 1 rings (SSSR count). The van der Waals surface area contributed by atoms with Gasteiger partial charge < -0.3 is 11.1 Å². The van der Waals surface area contributed by atoms with Crippen LogP contribution in [0.4, 0.5) is 11.5 Å². The van der Waals surface area contributed by atoms with E-state index in [0.717, 1.165) is 12.8 Å². The molecule has 1 aromatic rings. The number of anilines is 2. The molecule has 0 amide bonds. The van der Waals surface area contributed by atoms with Gasteiger partial charge in [-0.1, -0.05) is 26.7 Å². The first-order chi connectivity index (χ1) is 7.99. The first-order valence-corrected chi connectivity index (χ1v) is 6.43. The molecule has 1 atom stereocenters. The van der Waals surface area contributed by atoms with Gasteiger partial charge in [-0.3, -0.25) is 0 Å². The lowest BCUT2D eigenvalue weighted by atomic mass is 9.95. The molecule has 0 saturated heterocycles. The largest absolute Gasteiger partial charge is 0.394 e. The summed E-state index contributed by atoms with van der Waals surface area (Å²) < 4.78 is 0. The third kappa shape index (κ3) is 3.46. The molecular weight excluding hydrogens is 236 g/mol. The van der Waals surface area contributed by atoms with E-state index >= 15 is 0 Å². The number of rotatable bonds is 5. The molecule has 4 nitrogen and oxygen atoms in total. The van der Waals surface area contributed by atoms with E-state index in [2.05, 4.69) is 36.1 Å². The van der Waals surface area contributed by atoms with E-state index in [-0.39, 0.29) is 5.28 Å². The Hall–Kier alpha value is -1.03. The molecule has 0 spiro atoms. The molecule has 0 fully saturated rings. The lowest BCUT2D eigenvalue weighted by Gasteiger charge is -2.23. The fourth-order valence-corrected chi connectivity index (χ4v) is 2.20. The van der Waals surface area contributed by atoms with Crippen molar-refractivity contribution in [2.45, 2.75) is 46.6 Å². The fourth-order valence-electron chi connectivity index (χ4n) is 1.99. The van der Waals surface area contributed by atoms with Crippen molar-refractivity contribution in [2.24, 2.45) is 5.92 Å². The minimum Gasteiger partial charge on any atom is -0.394 e. The molecule has 1 unspecified atom stereocenters. The van der Waals surface area contributed by atoms with Crippen molar-refractivity contribution in [3.63, 3.8) is 0 Å². The number of nitrogens with two attached hydrogens (primary N) is 1. The van der Waals surface area contributed by atoms with E-state index in [0.29, 0.717) is 29.2 Å². The van der Waals surface area contributed by atoms with Gasteiger partial charge in [0.1, 0.15) is 0 Å². The summed E-state index contributed by atoms with van der Waals surface area (Å²) >= 11 is 5.84. The van der Waals surface area contributed by atoms with Crippen LogP contribution < -0.4 is 11.1 Å². The van der Waals surface area contributed by atoms with E-state index in [9.17, 15) is 0 Å². The number of aromatic nitrogens is 2. The van der Waals surface area contributed by atoms with E-state index in [1.54, 1.807) is 0 Å². The Morgan fingerprint density at radius 2 is 1.88 bits per heavy atom. The number of nitrogens with one attached hydrogen (secondary N) is 1. The summed E-state index contributed by atoms with van der Waals surface area (Å²) in [6, 6.07) is 0.317. The zero-order chi connectivity index (χ0) is 13.0. The lowest BCUT2D eigenvalue weighted by Crippen LogP contribution is -2.26. The third-order valence-electron chi connectivity index (χ3n) is 3.23. The van der Waals surface area contributed by atoms with Crippen LogP contribution in [0.5, 0.6) is 0 Å². The molecule has 1 heterocycles. The second kappa shape index (κ2) is 6.05. The number of nitrogen functional groups attached to an aromatic ring is 1. The van der Waals surface area contributed by atoms with E-state index in [1.165, 1.54) is 0 Å². The Morgan fingerprint density at radius 1 is 1.29 bits per heavy atom. The van der Waals surface area contributed by atoms with Crippen molar-refractivity contribution >= 4 is 23.1 Å². The predicted octanol–water partition coefficient (Wildman–Crippen LogP) is 3.26. The quantitative estimate of drug-likeness (QED) is 0.794. The lowest BCUT2D eigenvalue weighted by molar-refractivity contribution is 0.437. The second-order valence-corrected chi connectivity index (χ2v) is 4.69. The average molecular weight is 257 g/mol. The van der Waals surface area contributed by atoms with E-state index in [4.69, 9.17) is 17.3 Å².